The highest BCUT2D eigenvalue weighted by atomic mass is 19.4. The molecule has 0 bridgehead atoms. The van der Waals surface area contributed by atoms with Crippen molar-refractivity contribution in [2.24, 2.45) is 0 Å². The number of aromatic nitrogens is 2. The summed E-state index contributed by atoms with van der Waals surface area (Å²) < 4.78 is 41.6. The van der Waals surface area contributed by atoms with E-state index in [0.717, 1.165) is 5.56 Å². The van der Waals surface area contributed by atoms with Crippen LogP contribution in [0.2, 0.25) is 0 Å². The lowest BCUT2D eigenvalue weighted by Crippen LogP contribution is -2.28. The molecule has 2 rings (SSSR count). The Morgan fingerprint density at radius 3 is 2.83 bits per heavy atom. The van der Waals surface area contributed by atoms with Crippen molar-refractivity contribution in [3.8, 4) is 11.4 Å². The van der Waals surface area contributed by atoms with Crippen molar-refractivity contribution in [1.29, 1.82) is 0 Å². The smallest absolute Gasteiger partial charge is 0.384 e. The largest absolute Gasteiger partial charge is 0.414 e. The average molecular weight is 329 g/mol. The first-order valence-corrected chi connectivity index (χ1v) is 6.70. The molecule has 1 aromatic carbocycles. The number of aliphatic hydroxyl groups excluding tert-OH is 1. The second-order valence-corrected chi connectivity index (χ2v) is 4.90. The first kappa shape index (κ1) is 16.9. The normalized spacial score (nSPS) is 12.9. The molecule has 0 aliphatic carbocycles. The highest BCUT2D eigenvalue weighted by Gasteiger charge is 2.37. The second-order valence-electron chi connectivity index (χ2n) is 4.90. The third-order valence-corrected chi connectivity index (χ3v) is 3.19. The van der Waals surface area contributed by atoms with Crippen molar-refractivity contribution in [1.82, 2.24) is 10.1 Å². The van der Waals surface area contributed by atoms with Crippen LogP contribution in [0.1, 0.15) is 17.9 Å². The molecule has 124 valence electrons. The van der Waals surface area contributed by atoms with Gasteiger partial charge >= 0.3 is 6.18 Å². The number of nitrogens with one attached hydrogen (secondary N) is 1. The number of amides is 1. The third-order valence-electron chi connectivity index (χ3n) is 3.19. The number of hydrogen-bond acceptors (Lipinski definition) is 5. The summed E-state index contributed by atoms with van der Waals surface area (Å²) >= 11 is 0. The van der Waals surface area contributed by atoms with E-state index in [-0.39, 0.29) is 18.1 Å². The molecule has 9 heteroatoms. The van der Waals surface area contributed by atoms with Gasteiger partial charge in [-0.15, -0.1) is 0 Å². The van der Waals surface area contributed by atoms with E-state index in [9.17, 15) is 18.0 Å². The molecule has 1 atom stereocenters. The van der Waals surface area contributed by atoms with Crippen molar-refractivity contribution in [2.75, 3.05) is 5.32 Å². The molecule has 0 fully saturated rings. The summed E-state index contributed by atoms with van der Waals surface area (Å²) in [5.74, 6) is 0.184. The first-order chi connectivity index (χ1) is 10.8. The zero-order valence-corrected chi connectivity index (χ0v) is 12.1. The van der Waals surface area contributed by atoms with Gasteiger partial charge in [0.15, 0.2) is 0 Å². The zero-order valence-electron chi connectivity index (χ0n) is 12.1. The van der Waals surface area contributed by atoms with Crippen LogP contribution in [0, 0.1) is 6.92 Å². The van der Waals surface area contributed by atoms with Crippen molar-refractivity contribution in [3.63, 3.8) is 0 Å². The average Bonchev–Trinajstić information content (AvgIpc) is 2.95. The van der Waals surface area contributed by atoms with Gasteiger partial charge < -0.3 is 14.9 Å². The Balaban J connectivity index is 2.10. The van der Waals surface area contributed by atoms with Crippen LogP contribution in [0.4, 0.5) is 18.9 Å². The first-order valence-electron chi connectivity index (χ1n) is 6.70. The lowest BCUT2D eigenvalue weighted by atomic mass is 10.1. The molecule has 1 aromatic heterocycles. The minimum atomic E-state index is -4.67. The number of nitrogens with zero attached hydrogens (tertiary/aromatic N) is 2. The minimum Gasteiger partial charge on any atom is -0.384 e. The Kier molecular flexibility index (Phi) is 4.99. The van der Waals surface area contributed by atoms with Crippen LogP contribution in [0.15, 0.2) is 22.7 Å². The summed E-state index contributed by atoms with van der Waals surface area (Å²) in [6.07, 6.45) is -7.32. The number of anilines is 1. The molecular weight excluding hydrogens is 315 g/mol. The Labute approximate surface area is 129 Å². The quantitative estimate of drug-likeness (QED) is 0.795. The van der Waals surface area contributed by atoms with Crippen LogP contribution in [0.3, 0.4) is 0 Å². The maximum absolute atomic E-state index is 12.2. The van der Waals surface area contributed by atoms with Crippen molar-refractivity contribution >= 4 is 12.1 Å². The maximum Gasteiger partial charge on any atom is 0.414 e. The van der Waals surface area contributed by atoms with Crippen LogP contribution in [-0.4, -0.2) is 33.9 Å². The van der Waals surface area contributed by atoms with Gasteiger partial charge in [0.2, 0.25) is 18.1 Å². The van der Waals surface area contributed by atoms with Gasteiger partial charge in [-0.25, -0.2) is 0 Å². The molecule has 6 nitrogen and oxygen atoms in total. The van der Waals surface area contributed by atoms with Crippen molar-refractivity contribution < 1.29 is 27.6 Å². The lowest BCUT2D eigenvalue weighted by molar-refractivity contribution is -0.205. The Hall–Kier alpha value is -2.42. The van der Waals surface area contributed by atoms with E-state index >= 15 is 0 Å². The molecule has 1 heterocycles. The highest BCUT2D eigenvalue weighted by Crippen LogP contribution is 2.25. The summed E-state index contributed by atoms with van der Waals surface area (Å²) in [5.41, 5.74) is 1.94. The minimum absolute atomic E-state index is 0.00577. The van der Waals surface area contributed by atoms with Crippen LogP contribution in [0.5, 0.6) is 0 Å². The van der Waals surface area contributed by atoms with Gasteiger partial charge in [-0.2, -0.15) is 18.2 Å². The predicted octanol–water partition coefficient (Wildman–Crippen LogP) is 2.47. The zero-order chi connectivity index (χ0) is 17.0. The van der Waals surface area contributed by atoms with Crippen LogP contribution in [0.25, 0.3) is 11.4 Å². The second kappa shape index (κ2) is 6.78. The standard InChI is InChI=1S/C14H14F3N3O3/c1-8-2-3-9(6-10(8)18-7-21)13-19-12(23-20-13)5-4-11(22)14(15,16)17/h2-3,6-7,11,22H,4-5H2,1H3,(H,18,21). The Morgan fingerprint density at radius 2 is 2.17 bits per heavy atom. The molecule has 0 saturated heterocycles. The number of aryl methyl sites for hydroxylation is 2. The van der Waals surface area contributed by atoms with E-state index < -0.39 is 18.7 Å². The molecule has 1 unspecified atom stereocenters. The Bertz CT molecular complexity index is 685. The van der Waals surface area contributed by atoms with Gasteiger partial charge in [-0.3, -0.25) is 4.79 Å². The van der Waals surface area contributed by atoms with Crippen LogP contribution in [-0.2, 0) is 11.2 Å². The van der Waals surface area contributed by atoms with E-state index in [2.05, 4.69) is 15.5 Å². The lowest BCUT2D eigenvalue weighted by Gasteiger charge is -2.12. The van der Waals surface area contributed by atoms with E-state index in [1.54, 1.807) is 25.1 Å². The number of alkyl halides is 3. The van der Waals surface area contributed by atoms with Gasteiger partial charge in [0.05, 0.1) is 0 Å². The monoisotopic (exact) mass is 329 g/mol. The number of carbonyl (C=O) groups is 1. The predicted molar refractivity (Wildman–Crippen MR) is 74.5 cm³/mol. The molecular formula is C14H14F3N3O3. The molecule has 2 N–H and O–H groups in total. The van der Waals surface area contributed by atoms with Gasteiger partial charge in [-0.05, 0) is 25.0 Å². The fourth-order valence-electron chi connectivity index (χ4n) is 1.88. The molecule has 0 radical (unpaired) electrons. The number of rotatable bonds is 6. The maximum atomic E-state index is 12.2. The number of aliphatic hydroxyl groups is 1. The Morgan fingerprint density at radius 1 is 1.43 bits per heavy atom. The van der Waals surface area contributed by atoms with E-state index in [1.807, 2.05) is 0 Å². The van der Waals surface area contributed by atoms with Crippen molar-refractivity contribution in [2.45, 2.75) is 32.0 Å². The molecule has 2 aromatic rings. The fraction of sp³-hybridized carbons (Fsp3) is 0.357. The van der Waals surface area contributed by atoms with E-state index in [0.29, 0.717) is 17.7 Å². The van der Waals surface area contributed by atoms with Crippen LogP contribution >= 0.6 is 0 Å². The van der Waals surface area contributed by atoms with Crippen LogP contribution < -0.4 is 5.32 Å². The van der Waals surface area contributed by atoms with Crippen molar-refractivity contribution in [3.05, 3.63) is 29.7 Å². The molecule has 0 aliphatic heterocycles. The summed E-state index contributed by atoms with van der Waals surface area (Å²) in [5, 5.41) is 15.2. The summed E-state index contributed by atoms with van der Waals surface area (Å²) in [7, 11) is 0. The third kappa shape index (κ3) is 4.28. The number of carbonyl (C=O) groups excluding carboxylic acids is 1. The number of halogens is 3. The molecule has 0 aliphatic rings. The van der Waals surface area contributed by atoms with Gasteiger partial charge in [0.1, 0.15) is 6.10 Å². The van der Waals surface area contributed by atoms with Gasteiger partial charge in [0.25, 0.3) is 0 Å². The molecule has 0 saturated carbocycles. The number of hydrogen-bond donors (Lipinski definition) is 2. The molecule has 23 heavy (non-hydrogen) atoms. The number of benzene rings is 1. The summed E-state index contributed by atoms with van der Waals surface area (Å²) in [4.78, 5) is 14.5. The fourth-order valence-corrected chi connectivity index (χ4v) is 1.88. The van der Waals surface area contributed by atoms with Gasteiger partial charge in [-0.1, -0.05) is 17.3 Å². The topological polar surface area (TPSA) is 88.2 Å². The highest BCUT2D eigenvalue weighted by molar-refractivity contribution is 5.76. The van der Waals surface area contributed by atoms with E-state index in [1.165, 1.54) is 0 Å². The SMILES string of the molecule is Cc1ccc(-c2noc(CCC(O)C(F)(F)F)n2)cc1NC=O. The van der Waals surface area contributed by atoms with Gasteiger partial charge in [0, 0.05) is 17.7 Å². The molecule has 1 amide bonds. The molecule has 0 spiro atoms. The van der Waals surface area contributed by atoms with E-state index in [4.69, 9.17) is 9.63 Å². The summed E-state index contributed by atoms with van der Waals surface area (Å²) in [6, 6.07) is 5.07. The summed E-state index contributed by atoms with van der Waals surface area (Å²) in [6.45, 7) is 1.80.